The molecule has 2 aromatic rings. The Morgan fingerprint density at radius 2 is 1.59 bits per heavy atom. The molecule has 152 valence electrons. The van der Waals surface area contributed by atoms with Crippen LogP contribution in [-0.4, -0.2) is 36.1 Å². The quantitative estimate of drug-likeness (QED) is 0.412. The maximum absolute atomic E-state index is 12.0. The van der Waals surface area contributed by atoms with Crippen LogP contribution in [0.25, 0.3) is 0 Å². The second-order valence-corrected chi connectivity index (χ2v) is 7.46. The van der Waals surface area contributed by atoms with Crippen LogP contribution in [0.2, 0.25) is 10.0 Å². The van der Waals surface area contributed by atoms with Gasteiger partial charge in [0.15, 0.2) is 6.61 Å². The number of anilines is 1. The van der Waals surface area contributed by atoms with Gasteiger partial charge in [0.1, 0.15) is 0 Å². The summed E-state index contributed by atoms with van der Waals surface area (Å²) in [5.74, 6) is -3.01. The molecule has 8 nitrogen and oxygen atoms in total. The number of nitrogens with two attached hydrogens (primary N) is 2. The fourth-order valence-electron chi connectivity index (χ4n) is 2.09. The summed E-state index contributed by atoms with van der Waals surface area (Å²) < 4.78 is 4.89. The van der Waals surface area contributed by atoms with Crippen LogP contribution in [0.5, 0.6) is 0 Å². The van der Waals surface area contributed by atoms with E-state index in [1.807, 2.05) is 0 Å². The fourth-order valence-corrected chi connectivity index (χ4v) is 3.38. The number of esters is 1. The molecule has 2 aromatic carbocycles. The predicted molar refractivity (Wildman–Crippen MR) is 110 cm³/mol. The Hall–Kier alpha value is -2.75. The third-order valence-electron chi connectivity index (χ3n) is 3.39. The van der Waals surface area contributed by atoms with Crippen molar-refractivity contribution in [1.29, 1.82) is 0 Å². The normalized spacial score (nSPS) is 10.3. The molecule has 2 rings (SSSR count). The summed E-state index contributed by atoms with van der Waals surface area (Å²) in [7, 11) is 0. The number of amides is 3. The van der Waals surface area contributed by atoms with E-state index in [1.165, 1.54) is 18.2 Å². The monoisotopic (exact) mass is 455 g/mol. The lowest BCUT2D eigenvalue weighted by molar-refractivity contribution is -0.144. The van der Waals surface area contributed by atoms with Gasteiger partial charge in [-0.05, 0) is 36.4 Å². The fraction of sp³-hybridized carbons (Fsp3) is 0.111. The van der Waals surface area contributed by atoms with Crippen molar-refractivity contribution in [3.63, 3.8) is 0 Å². The molecule has 0 aliphatic carbocycles. The molecular weight excluding hydrogens is 441 g/mol. The summed E-state index contributed by atoms with van der Waals surface area (Å²) in [6.45, 7) is -0.574. The third-order valence-corrected chi connectivity index (χ3v) is 5.09. The zero-order valence-corrected chi connectivity index (χ0v) is 17.1. The second kappa shape index (κ2) is 10.1. The Morgan fingerprint density at radius 3 is 2.17 bits per heavy atom. The number of carbonyl (C=O) groups is 4. The minimum Gasteiger partial charge on any atom is -0.455 e. The lowest BCUT2D eigenvalue weighted by Crippen LogP contribution is -2.22. The molecule has 0 bridgehead atoms. The molecular formula is C18H15Cl2N3O5S. The highest BCUT2D eigenvalue weighted by molar-refractivity contribution is 8.00. The number of nitrogens with one attached hydrogen (secondary N) is 1. The van der Waals surface area contributed by atoms with Gasteiger partial charge in [0.05, 0.1) is 10.8 Å². The molecule has 0 aliphatic rings. The topological polar surface area (TPSA) is 142 Å². The Balaban J connectivity index is 1.91. The molecule has 0 fully saturated rings. The molecule has 5 N–H and O–H groups in total. The van der Waals surface area contributed by atoms with Crippen molar-refractivity contribution in [1.82, 2.24) is 0 Å². The number of rotatable bonds is 8. The number of thioether (sulfide) groups is 1. The first-order chi connectivity index (χ1) is 13.7. The Bertz CT molecular complexity index is 952. The van der Waals surface area contributed by atoms with Crippen LogP contribution in [0.3, 0.4) is 0 Å². The van der Waals surface area contributed by atoms with Crippen LogP contribution in [0, 0.1) is 0 Å². The van der Waals surface area contributed by atoms with E-state index in [2.05, 4.69) is 5.32 Å². The van der Waals surface area contributed by atoms with Crippen molar-refractivity contribution in [2.75, 3.05) is 17.7 Å². The molecule has 0 aliphatic heterocycles. The van der Waals surface area contributed by atoms with Crippen molar-refractivity contribution in [3.8, 4) is 0 Å². The van der Waals surface area contributed by atoms with Crippen molar-refractivity contribution in [2.45, 2.75) is 4.90 Å². The number of ether oxygens (including phenoxy) is 1. The van der Waals surface area contributed by atoms with Crippen LogP contribution in [0.15, 0.2) is 41.3 Å². The van der Waals surface area contributed by atoms with Crippen molar-refractivity contribution >= 4 is 64.3 Å². The first-order valence-electron chi connectivity index (χ1n) is 7.93. The summed E-state index contributed by atoms with van der Waals surface area (Å²) in [6, 6.07) is 8.57. The van der Waals surface area contributed by atoms with Gasteiger partial charge in [-0.15, -0.1) is 11.8 Å². The molecule has 0 heterocycles. The van der Waals surface area contributed by atoms with E-state index < -0.39 is 30.3 Å². The number of hydrogen-bond donors (Lipinski definition) is 3. The molecule has 0 aromatic heterocycles. The largest absolute Gasteiger partial charge is 0.455 e. The Labute approximate surface area is 179 Å². The first-order valence-corrected chi connectivity index (χ1v) is 9.68. The van der Waals surface area contributed by atoms with Crippen LogP contribution < -0.4 is 16.8 Å². The molecule has 29 heavy (non-hydrogen) atoms. The van der Waals surface area contributed by atoms with E-state index in [4.69, 9.17) is 39.4 Å². The number of primary amides is 2. The van der Waals surface area contributed by atoms with Gasteiger partial charge >= 0.3 is 5.97 Å². The number of halogens is 2. The second-order valence-electron chi connectivity index (χ2n) is 5.60. The molecule has 0 atom stereocenters. The molecule has 11 heteroatoms. The van der Waals surface area contributed by atoms with Gasteiger partial charge < -0.3 is 21.5 Å². The zero-order valence-electron chi connectivity index (χ0n) is 14.7. The zero-order chi connectivity index (χ0) is 21.6. The molecule has 0 radical (unpaired) electrons. The van der Waals surface area contributed by atoms with Gasteiger partial charge in [-0.25, -0.2) is 0 Å². The lowest BCUT2D eigenvalue weighted by atomic mass is 10.1. The minimum atomic E-state index is -0.799. The highest BCUT2D eigenvalue weighted by Gasteiger charge is 2.13. The molecule has 3 amide bonds. The van der Waals surface area contributed by atoms with Crippen LogP contribution >= 0.6 is 35.0 Å². The average molecular weight is 456 g/mol. The van der Waals surface area contributed by atoms with Gasteiger partial charge in [-0.2, -0.15) is 0 Å². The minimum absolute atomic E-state index is 0.0107. The van der Waals surface area contributed by atoms with E-state index in [0.29, 0.717) is 14.9 Å². The van der Waals surface area contributed by atoms with Gasteiger partial charge in [-0.3, -0.25) is 19.2 Å². The summed E-state index contributed by atoms with van der Waals surface area (Å²) >= 11 is 13.0. The summed E-state index contributed by atoms with van der Waals surface area (Å²) in [6.07, 6.45) is 0. The summed E-state index contributed by atoms with van der Waals surface area (Å²) in [5, 5.41) is 3.31. The van der Waals surface area contributed by atoms with Gasteiger partial charge in [0, 0.05) is 26.7 Å². The van der Waals surface area contributed by atoms with Gasteiger partial charge in [0.2, 0.25) is 11.8 Å². The SMILES string of the molecule is NC(=O)c1cc(NC(=O)COC(=O)CSc2cc(Cl)ccc2Cl)cc(C(N)=O)c1. The van der Waals surface area contributed by atoms with E-state index >= 15 is 0 Å². The highest BCUT2D eigenvalue weighted by Crippen LogP contribution is 2.29. The van der Waals surface area contributed by atoms with Crippen molar-refractivity contribution < 1.29 is 23.9 Å². The smallest absolute Gasteiger partial charge is 0.316 e. The maximum Gasteiger partial charge on any atom is 0.316 e. The Kier molecular flexibility index (Phi) is 7.89. The standard InChI is InChI=1S/C18H15Cl2N3O5S/c19-11-1-2-13(20)14(6-11)29-8-16(25)28-7-15(24)23-12-4-9(17(21)26)3-10(5-12)18(22)27/h1-6H,7-8H2,(H2,21,26)(H2,22,27)(H,23,24). The predicted octanol–water partition coefficient (Wildman–Crippen LogP) is 2.47. The van der Waals surface area contributed by atoms with Gasteiger partial charge in [-0.1, -0.05) is 23.2 Å². The summed E-state index contributed by atoms with van der Waals surface area (Å²) in [5.41, 5.74) is 10.5. The molecule has 0 saturated heterocycles. The van der Waals surface area contributed by atoms with Crippen LogP contribution in [0.4, 0.5) is 5.69 Å². The number of hydrogen-bond acceptors (Lipinski definition) is 6. The third kappa shape index (κ3) is 6.97. The van der Waals surface area contributed by atoms with E-state index in [1.54, 1.807) is 18.2 Å². The summed E-state index contributed by atoms with van der Waals surface area (Å²) in [4.78, 5) is 47.1. The Morgan fingerprint density at radius 1 is 0.966 bits per heavy atom. The van der Waals surface area contributed by atoms with Crippen LogP contribution in [0.1, 0.15) is 20.7 Å². The van der Waals surface area contributed by atoms with E-state index in [0.717, 1.165) is 11.8 Å². The molecule has 0 unspecified atom stereocenters. The lowest BCUT2D eigenvalue weighted by Gasteiger charge is -2.09. The van der Waals surface area contributed by atoms with Gasteiger partial charge in [0.25, 0.3) is 5.91 Å². The maximum atomic E-state index is 12.0. The molecule has 0 saturated carbocycles. The van der Waals surface area contributed by atoms with E-state index in [-0.39, 0.29) is 22.6 Å². The van der Waals surface area contributed by atoms with Crippen molar-refractivity contribution in [2.24, 2.45) is 11.5 Å². The van der Waals surface area contributed by atoms with Crippen LogP contribution in [-0.2, 0) is 14.3 Å². The van der Waals surface area contributed by atoms with Crippen molar-refractivity contribution in [3.05, 3.63) is 57.6 Å². The number of benzene rings is 2. The average Bonchev–Trinajstić information content (AvgIpc) is 2.66. The van der Waals surface area contributed by atoms with E-state index in [9.17, 15) is 19.2 Å². The highest BCUT2D eigenvalue weighted by atomic mass is 35.5. The first kappa shape index (κ1) is 22.5. The molecule has 0 spiro atoms. The number of carbonyl (C=O) groups excluding carboxylic acids is 4.